The van der Waals surface area contributed by atoms with Gasteiger partial charge >= 0.3 is 5.97 Å². The molecular formula is C16H25NO3. The summed E-state index contributed by atoms with van der Waals surface area (Å²) in [6, 6.07) is 5.69. The van der Waals surface area contributed by atoms with E-state index in [2.05, 4.69) is 38.2 Å². The maximum Gasteiger partial charge on any atom is 0.326 e. The fourth-order valence-corrected chi connectivity index (χ4v) is 1.95. The number of hydrogen-bond acceptors (Lipinski definition) is 4. The molecule has 0 radical (unpaired) electrons. The van der Waals surface area contributed by atoms with Crippen LogP contribution in [0.4, 0.5) is 0 Å². The van der Waals surface area contributed by atoms with Crippen LogP contribution in [-0.4, -0.2) is 32.8 Å². The van der Waals surface area contributed by atoms with E-state index in [9.17, 15) is 4.79 Å². The quantitative estimate of drug-likeness (QED) is 0.841. The van der Waals surface area contributed by atoms with Gasteiger partial charge in [-0.25, -0.2) is 0 Å². The van der Waals surface area contributed by atoms with Crippen LogP contribution in [0.1, 0.15) is 31.9 Å². The summed E-state index contributed by atoms with van der Waals surface area (Å²) in [4.78, 5) is 11.5. The van der Waals surface area contributed by atoms with E-state index < -0.39 is 6.04 Å². The highest BCUT2D eigenvalue weighted by Crippen LogP contribution is 2.32. The molecule has 1 atom stereocenters. The van der Waals surface area contributed by atoms with Gasteiger partial charge in [0.1, 0.15) is 18.4 Å². The lowest BCUT2D eigenvalue weighted by molar-refractivity contribution is -0.143. The molecule has 0 saturated carbocycles. The third kappa shape index (κ3) is 4.23. The normalized spacial score (nSPS) is 12.9. The van der Waals surface area contributed by atoms with Crippen LogP contribution < -0.4 is 10.1 Å². The Labute approximate surface area is 121 Å². The second kappa shape index (κ2) is 6.75. The first kappa shape index (κ1) is 16.5. The molecule has 20 heavy (non-hydrogen) atoms. The SMILES string of the molecule is CNC(COc1cc(C)ccc1C(C)(C)C)C(=O)OC. The number of methoxy groups -OCH3 is 1. The molecule has 1 aromatic rings. The van der Waals surface area contributed by atoms with Crippen molar-refractivity contribution < 1.29 is 14.3 Å². The standard InChI is InChI=1S/C16H25NO3/c1-11-7-8-12(16(2,3)4)14(9-11)20-10-13(17-5)15(18)19-6/h7-9,13,17H,10H2,1-6H3. The van der Waals surface area contributed by atoms with Crippen LogP contribution in [0, 0.1) is 6.92 Å². The van der Waals surface area contributed by atoms with Crippen molar-refractivity contribution >= 4 is 5.97 Å². The Morgan fingerprint density at radius 2 is 2.00 bits per heavy atom. The summed E-state index contributed by atoms with van der Waals surface area (Å²) in [5.41, 5.74) is 2.25. The Balaban J connectivity index is 2.91. The number of hydrogen-bond donors (Lipinski definition) is 1. The second-order valence-corrected chi connectivity index (χ2v) is 5.93. The van der Waals surface area contributed by atoms with Gasteiger partial charge in [-0.1, -0.05) is 32.9 Å². The summed E-state index contributed by atoms with van der Waals surface area (Å²) in [5, 5.41) is 2.90. The van der Waals surface area contributed by atoms with Crippen molar-refractivity contribution in [1.29, 1.82) is 0 Å². The van der Waals surface area contributed by atoms with E-state index in [0.29, 0.717) is 0 Å². The van der Waals surface area contributed by atoms with Crippen molar-refractivity contribution in [2.24, 2.45) is 0 Å². The molecule has 112 valence electrons. The summed E-state index contributed by atoms with van der Waals surface area (Å²) < 4.78 is 10.6. The van der Waals surface area contributed by atoms with Gasteiger partial charge in [0.25, 0.3) is 0 Å². The summed E-state index contributed by atoms with van der Waals surface area (Å²) in [7, 11) is 3.09. The predicted molar refractivity (Wildman–Crippen MR) is 80.2 cm³/mol. The van der Waals surface area contributed by atoms with Crippen molar-refractivity contribution in [3.05, 3.63) is 29.3 Å². The van der Waals surface area contributed by atoms with Crippen molar-refractivity contribution in [2.75, 3.05) is 20.8 Å². The maximum atomic E-state index is 11.5. The molecule has 1 unspecified atom stereocenters. The highest BCUT2D eigenvalue weighted by atomic mass is 16.5. The predicted octanol–water partition coefficient (Wildman–Crippen LogP) is 2.43. The lowest BCUT2D eigenvalue weighted by Crippen LogP contribution is -2.40. The number of likely N-dealkylation sites (N-methyl/N-ethyl adjacent to an activating group) is 1. The van der Waals surface area contributed by atoms with E-state index in [-0.39, 0.29) is 18.0 Å². The van der Waals surface area contributed by atoms with Crippen LogP contribution in [0.2, 0.25) is 0 Å². The van der Waals surface area contributed by atoms with Gasteiger partial charge < -0.3 is 14.8 Å². The van der Waals surface area contributed by atoms with E-state index >= 15 is 0 Å². The van der Waals surface area contributed by atoms with Crippen LogP contribution in [0.3, 0.4) is 0 Å². The molecule has 0 aromatic heterocycles. The van der Waals surface area contributed by atoms with E-state index in [1.54, 1.807) is 7.05 Å². The minimum atomic E-state index is -0.465. The Hall–Kier alpha value is -1.55. The van der Waals surface area contributed by atoms with Crippen LogP contribution in [0.15, 0.2) is 18.2 Å². The van der Waals surface area contributed by atoms with Gasteiger partial charge in [-0.15, -0.1) is 0 Å². The largest absolute Gasteiger partial charge is 0.491 e. The molecule has 0 aliphatic carbocycles. The molecule has 4 heteroatoms. The van der Waals surface area contributed by atoms with Gasteiger partial charge in [-0.2, -0.15) is 0 Å². The van der Waals surface area contributed by atoms with Crippen molar-refractivity contribution in [3.63, 3.8) is 0 Å². The third-order valence-corrected chi connectivity index (χ3v) is 3.18. The van der Waals surface area contributed by atoms with Crippen molar-refractivity contribution in [2.45, 2.75) is 39.2 Å². The maximum absolute atomic E-state index is 11.5. The number of carbonyl (C=O) groups is 1. The zero-order valence-electron chi connectivity index (χ0n) is 13.2. The van der Waals surface area contributed by atoms with E-state index in [0.717, 1.165) is 16.9 Å². The van der Waals surface area contributed by atoms with Gasteiger partial charge in [-0.3, -0.25) is 4.79 Å². The van der Waals surface area contributed by atoms with Crippen LogP contribution in [-0.2, 0) is 14.9 Å². The number of esters is 1. The molecular weight excluding hydrogens is 254 g/mol. The molecule has 0 saturated heterocycles. The first-order chi connectivity index (χ1) is 9.29. The average molecular weight is 279 g/mol. The van der Waals surface area contributed by atoms with Crippen molar-refractivity contribution in [3.8, 4) is 5.75 Å². The fourth-order valence-electron chi connectivity index (χ4n) is 1.95. The first-order valence-corrected chi connectivity index (χ1v) is 6.78. The van der Waals surface area contributed by atoms with Gasteiger partial charge in [0.2, 0.25) is 0 Å². The Morgan fingerprint density at radius 3 is 2.50 bits per heavy atom. The van der Waals surface area contributed by atoms with Crippen LogP contribution in [0.5, 0.6) is 5.75 Å². The van der Waals surface area contributed by atoms with Crippen molar-refractivity contribution in [1.82, 2.24) is 5.32 Å². The molecule has 1 rings (SSSR count). The third-order valence-electron chi connectivity index (χ3n) is 3.18. The lowest BCUT2D eigenvalue weighted by atomic mass is 9.86. The fraction of sp³-hybridized carbons (Fsp3) is 0.562. The van der Waals surface area contributed by atoms with Crippen LogP contribution >= 0.6 is 0 Å². The monoisotopic (exact) mass is 279 g/mol. The number of carbonyl (C=O) groups excluding carboxylic acids is 1. The molecule has 4 nitrogen and oxygen atoms in total. The Morgan fingerprint density at radius 1 is 1.35 bits per heavy atom. The molecule has 1 N–H and O–H groups in total. The average Bonchev–Trinajstić information content (AvgIpc) is 2.37. The van der Waals surface area contributed by atoms with Gasteiger partial charge in [-0.05, 0) is 36.6 Å². The minimum Gasteiger partial charge on any atom is -0.491 e. The topological polar surface area (TPSA) is 47.6 Å². The Kier molecular flexibility index (Phi) is 5.57. The van der Waals surface area contributed by atoms with E-state index in [1.165, 1.54) is 7.11 Å². The molecule has 0 spiro atoms. The molecule has 0 aliphatic heterocycles. The molecule has 0 aliphatic rings. The number of rotatable bonds is 5. The molecule has 0 amide bonds. The number of benzene rings is 1. The number of aryl methyl sites for hydroxylation is 1. The van der Waals surface area contributed by atoms with Gasteiger partial charge in [0.15, 0.2) is 0 Å². The minimum absolute atomic E-state index is 0.0105. The van der Waals surface area contributed by atoms with Crippen LogP contribution in [0.25, 0.3) is 0 Å². The summed E-state index contributed by atoms with van der Waals surface area (Å²) in [6.07, 6.45) is 0. The number of ether oxygens (including phenoxy) is 2. The zero-order valence-corrected chi connectivity index (χ0v) is 13.2. The van der Waals surface area contributed by atoms with E-state index in [4.69, 9.17) is 9.47 Å². The molecule has 0 fully saturated rings. The molecule has 0 bridgehead atoms. The lowest BCUT2D eigenvalue weighted by Gasteiger charge is -2.24. The smallest absolute Gasteiger partial charge is 0.326 e. The van der Waals surface area contributed by atoms with E-state index in [1.807, 2.05) is 13.0 Å². The zero-order chi connectivity index (χ0) is 15.3. The summed E-state index contributed by atoms with van der Waals surface area (Å²) in [5.74, 6) is 0.499. The Bertz CT molecular complexity index is 463. The second-order valence-electron chi connectivity index (χ2n) is 5.93. The highest BCUT2D eigenvalue weighted by molar-refractivity contribution is 5.75. The van der Waals surface area contributed by atoms with Gasteiger partial charge in [0, 0.05) is 0 Å². The summed E-state index contributed by atoms with van der Waals surface area (Å²) in [6.45, 7) is 8.69. The summed E-state index contributed by atoms with van der Waals surface area (Å²) >= 11 is 0. The highest BCUT2D eigenvalue weighted by Gasteiger charge is 2.22. The first-order valence-electron chi connectivity index (χ1n) is 6.78. The molecule has 0 heterocycles. The number of nitrogens with one attached hydrogen (secondary N) is 1. The molecule has 1 aromatic carbocycles. The van der Waals surface area contributed by atoms with Gasteiger partial charge in [0.05, 0.1) is 7.11 Å².